The lowest BCUT2D eigenvalue weighted by atomic mass is 10.1. The highest BCUT2D eigenvalue weighted by Crippen LogP contribution is 2.24. The molecule has 1 aliphatic heterocycles. The first-order chi connectivity index (χ1) is 11.7. The molecule has 1 atom stereocenters. The summed E-state index contributed by atoms with van der Waals surface area (Å²) in [6.07, 6.45) is 0.539. The van der Waals surface area contributed by atoms with E-state index in [9.17, 15) is 22.8 Å². The molecular weight excluding hydrogens is 366 g/mol. The third-order valence-corrected chi connectivity index (χ3v) is 6.82. The third kappa shape index (κ3) is 6.50. The van der Waals surface area contributed by atoms with Crippen LogP contribution in [0.15, 0.2) is 24.3 Å². The highest BCUT2D eigenvalue weighted by molar-refractivity contribution is 8.02. The fourth-order valence-corrected chi connectivity index (χ4v) is 5.69. The first-order valence-corrected chi connectivity index (χ1v) is 10.5. The lowest BCUT2D eigenvalue weighted by molar-refractivity contribution is -0.144. The minimum Gasteiger partial charge on any atom is -0.455 e. The van der Waals surface area contributed by atoms with E-state index >= 15 is 0 Å². The number of sulfone groups is 1. The number of carbonyl (C=O) groups is 3. The summed E-state index contributed by atoms with van der Waals surface area (Å²) in [6.45, 7) is 1.03. The van der Waals surface area contributed by atoms with Crippen LogP contribution in [-0.4, -0.2) is 55.2 Å². The van der Waals surface area contributed by atoms with Crippen LogP contribution in [0.25, 0.3) is 0 Å². The van der Waals surface area contributed by atoms with Gasteiger partial charge < -0.3 is 10.1 Å². The predicted molar refractivity (Wildman–Crippen MR) is 95.6 cm³/mol. The van der Waals surface area contributed by atoms with Crippen LogP contribution in [0.3, 0.4) is 0 Å². The number of carbonyl (C=O) groups excluding carboxylic acids is 3. The van der Waals surface area contributed by atoms with E-state index < -0.39 is 28.3 Å². The van der Waals surface area contributed by atoms with Gasteiger partial charge >= 0.3 is 5.97 Å². The Morgan fingerprint density at radius 1 is 1.24 bits per heavy atom. The molecule has 0 bridgehead atoms. The van der Waals surface area contributed by atoms with Gasteiger partial charge in [0.1, 0.15) is 0 Å². The number of esters is 1. The van der Waals surface area contributed by atoms with Gasteiger partial charge in [-0.1, -0.05) is 0 Å². The van der Waals surface area contributed by atoms with Gasteiger partial charge in [-0.15, -0.1) is 11.8 Å². The van der Waals surface area contributed by atoms with E-state index in [1.165, 1.54) is 18.7 Å². The lowest BCUT2D eigenvalue weighted by Gasteiger charge is -2.08. The molecule has 1 N–H and O–H groups in total. The average molecular weight is 385 g/mol. The van der Waals surface area contributed by atoms with Gasteiger partial charge in [0, 0.05) is 16.5 Å². The molecular formula is C16H19NO6S2. The monoisotopic (exact) mass is 385 g/mol. The molecule has 7 nitrogen and oxygen atoms in total. The highest BCUT2D eigenvalue weighted by atomic mass is 32.2. The second kappa shape index (κ2) is 8.48. The fourth-order valence-electron chi connectivity index (χ4n) is 2.25. The Morgan fingerprint density at radius 2 is 1.92 bits per heavy atom. The van der Waals surface area contributed by atoms with Gasteiger partial charge in [-0.2, -0.15) is 0 Å². The molecule has 1 aliphatic rings. The van der Waals surface area contributed by atoms with Crippen LogP contribution in [0.1, 0.15) is 23.7 Å². The molecule has 25 heavy (non-hydrogen) atoms. The van der Waals surface area contributed by atoms with Crippen LogP contribution in [-0.2, 0) is 24.2 Å². The maximum absolute atomic E-state index is 11.7. The first kappa shape index (κ1) is 19.5. The molecule has 1 fully saturated rings. The molecule has 1 amide bonds. The highest BCUT2D eigenvalue weighted by Gasteiger charge is 2.28. The van der Waals surface area contributed by atoms with Crippen LogP contribution in [0.5, 0.6) is 0 Å². The van der Waals surface area contributed by atoms with Crippen LogP contribution < -0.4 is 5.32 Å². The van der Waals surface area contributed by atoms with Crippen molar-refractivity contribution in [3.05, 3.63) is 29.8 Å². The Hall–Kier alpha value is -1.87. The van der Waals surface area contributed by atoms with E-state index in [1.54, 1.807) is 24.3 Å². The molecule has 0 radical (unpaired) electrons. The number of rotatable bonds is 7. The van der Waals surface area contributed by atoms with Crippen molar-refractivity contribution < 1.29 is 27.5 Å². The molecule has 2 rings (SSSR count). The average Bonchev–Trinajstić information content (AvgIpc) is 2.90. The Balaban J connectivity index is 1.68. The number of hydrogen-bond donors (Lipinski definition) is 1. The van der Waals surface area contributed by atoms with Gasteiger partial charge in [-0.05, 0) is 37.6 Å². The summed E-state index contributed by atoms with van der Waals surface area (Å²) in [6, 6.07) is 6.37. The topological polar surface area (TPSA) is 107 Å². The Bertz CT molecular complexity index is 757. The second-order valence-corrected chi connectivity index (χ2v) is 9.20. The number of amides is 1. The van der Waals surface area contributed by atoms with Crippen LogP contribution in [0, 0.1) is 0 Å². The largest absolute Gasteiger partial charge is 0.455 e. The SMILES string of the molecule is CC(=O)c1ccc(NC(=O)COC(=O)CS[C@H]2CCS(=O)(=O)C2)cc1. The molecule has 0 saturated carbocycles. The smallest absolute Gasteiger partial charge is 0.316 e. The van der Waals surface area contributed by atoms with Crippen LogP contribution in [0.2, 0.25) is 0 Å². The summed E-state index contributed by atoms with van der Waals surface area (Å²) in [7, 11) is -2.97. The van der Waals surface area contributed by atoms with Crippen molar-refractivity contribution in [2.24, 2.45) is 0 Å². The number of benzene rings is 1. The van der Waals surface area contributed by atoms with Gasteiger partial charge in [-0.25, -0.2) is 8.42 Å². The van der Waals surface area contributed by atoms with Gasteiger partial charge in [0.15, 0.2) is 22.2 Å². The number of thioether (sulfide) groups is 1. The summed E-state index contributed by atoms with van der Waals surface area (Å²) in [5.74, 6) is -0.861. The minimum atomic E-state index is -2.97. The molecule has 1 aromatic rings. The first-order valence-electron chi connectivity index (χ1n) is 7.64. The molecule has 9 heteroatoms. The van der Waals surface area contributed by atoms with Crippen molar-refractivity contribution in [3.8, 4) is 0 Å². The van der Waals surface area contributed by atoms with Crippen molar-refractivity contribution in [2.75, 3.05) is 29.2 Å². The van der Waals surface area contributed by atoms with E-state index in [0.29, 0.717) is 17.7 Å². The summed E-state index contributed by atoms with van der Waals surface area (Å²) in [4.78, 5) is 34.5. The van der Waals surface area contributed by atoms with Crippen LogP contribution in [0.4, 0.5) is 5.69 Å². The molecule has 1 heterocycles. The van der Waals surface area contributed by atoms with Crippen molar-refractivity contribution >= 4 is 44.9 Å². The predicted octanol–water partition coefficient (Wildman–Crippen LogP) is 1.29. The molecule has 0 aromatic heterocycles. The zero-order valence-corrected chi connectivity index (χ0v) is 15.3. The van der Waals surface area contributed by atoms with Gasteiger partial charge in [0.2, 0.25) is 0 Å². The number of anilines is 1. The lowest BCUT2D eigenvalue weighted by Crippen LogP contribution is -2.22. The fraction of sp³-hybridized carbons (Fsp3) is 0.438. The van der Waals surface area contributed by atoms with E-state index in [2.05, 4.69) is 5.32 Å². The van der Waals surface area contributed by atoms with Gasteiger partial charge in [0.05, 0.1) is 17.3 Å². The van der Waals surface area contributed by atoms with E-state index in [1.807, 2.05) is 0 Å². The van der Waals surface area contributed by atoms with Gasteiger partial charge in [-0.3, -0.25) is 14.4 Å². The van der Waals surface area contributed by atoms with Crippen LogP contribution >= 0.6 is 11.8 Å². The van der Waals surface area contributed by atoms with Gasteiger partial charge in [0.25, 0.3) is 5.91 Å². The minimum absolute atomic E-state index is 0.0147. The van der Waals surface area contributed by atoms with E-state index in [4.69, 9.17) is 4.74 Å². The second-order valence-electron chi connectivity index (χ2n) is 5.68. The summed E-state index contributed by atoms with van der Waals surface area (Å²) >= 11 is 1.24. The summed E-state index contributed by atoms with van der Waals surface area (Å²) in [5.41, 5.74) is 1.03. The molecule has 0 spiro atoms. The number of Topliss-reactive ketones (excluding diaryl/α,β-unsaturated/α-hetero) is 1. The maximum atomic E-state index is 11.7. The molecule has 1 aromatic carbocycles. The van der Waals surface area contributed by atoms with Crippen molar-refractivity contribution in [1.29, 1.82) is 0 Å². The number of ether oxygens (including phenoxy) is 1. The van der Waals surface area contributed by atoms with E-state index in [-0.39, 0.29) is 28.3 Å². The molecule has 0 aliphatic carbocycles. The van der Waals surface area contributed by atoms with Crippen molar-refractivity contribution in [2.45, 2.75) is 18.6 Å². The molecule has 0 unspecified atom stereocenters. The van der Waals surface area contributed by atoms with E-state index in [0.717, 1.165) is 0 Å². The Morgan fingerprint density at radius 3 is 2.48 bits per heavy atom. The standard InChI is InChI=1S/C16H19NO6S2/c1-11(18)12-2-4-13(5-3-12)17-15(19)8-23-16(20)9-24-14-6-7-25(21,22)10-14/h2-5,14H,6-10H2,1H3,(H,17,19)/t14-/m0/s1. The van der Waals surface area contributed by atoms with Crippen molar-refractivity contribution in [1.82, 2.24) is 0 Å². The zero-order chi connectivity index (χ0) is 18.4. The number of nitrogens with one attached hydrogen (secondary N) is 1. The maximum Gasteiger partial charge on any atom is 0.316 e. The quantitative estimate of drug-likeness (QED) is 0.557. The number of ketones is 1. The zero-order valence-electron chi connectivity index (χ0n) is 13.7. The normalized spacial score (nSPS) is 18.5. The Kier molecular flexibility index (Phi) is 6.60. The summed E-state index contributed by atoms with van der Waals surface area (Å²) in [5, 5.41) is 2.47. The molecule has 136 valence electrons. The Labute approximate surface area is 150 Å². The number of hydrogen-bond acceptors (Lipinski definition) is 7. The van der Waals surface area contributed by atoms with Crippen molar-refractivity contribution in [3.63, 3.8) is 0 Å². The summed E-state index contributed by atoms with van der Waals surface area (Å²) < 4.78 is 27.5. The molecule has 1 saturated heterocycles. The third-order valence-electron chi connectivity index (χ3n) is 3.57.